The van der Waals surface area contributed by atoms with Crippen LogP contribution in [0.3, 0.4) is 0 Å². The van der Waals surface area contributed by atoms with Crippen molar-refractivity contribution in [2.75, 3.05) is 0 Å². The molecular weight excluding hydrogens is 259 g/mol. The van der Waals surface area contributed by atoms with Crippen LogP contribution < -0.4 is 0 Å². The number of carbonyl (C=O) groups is 1. The molecule has 3 nitrogen and oxygen atoms in total. The van der Waals surface area contributed by atoms with Crippen LogP contribution in [-0.4, -0.2) is 34.4 Å². The van der Waals surface area contributed by atoms with Crippen molar-refractivity contribution in [3.05, 3.63) is 12.2 Å². The first-order chi connectivity index (χ1) is 9.52. The van der Waals surface area contributed by atoms with Crippen molar-refractivity contribution < 1.29 is 19.4 Å². The molecule has 20 heavy (non-hydrogen) atoms. The quantitative estimate of drug-likeness (QED) is 0.736. The number of carbonyl (C=O) groups excluding carboxylic acids is 1. The third kappa shape index (κ3) is 3.47. The summed E-state index contributed by atoms with van der Waals surface area (Å²) in [6.45, 7) is 1.99. The fourth-order valence-electron chi connectivity index (χ4n) is 3.62. The summed E-state index contributed by atoms with van der Waals surface area (Å²) >= 11 is 0. The van der Waals surface area contributed by atoms with Gasteiger partial charge in [0.25, 0.3) is 0 Å². The van der Waals surface area contributed by atoms with Crippen LogP contribution in [0.4, 0.5) is 4.39 Å². The highest BCUT2D eigenvalue weighted by molar-refractivity contribution is 5.81. The predicted octanol–water partition coefficient (Wildman–Crippen LogP) is 2.41. The molecule has 2 aliphatic rings. The van der Waals surface area contributed by atoms with Gasteiger partial charge >= 0.3 is 0 Å². The molecule has 0 radical (unpaired) electrons. The van der Waals surface area contributed by atoms with E-state index in [1.807, 2.05) is 6.92 Å². The minimum Gasteiger partial charge on any atom is -0.392 e. The molecule has 2 fully saturated rings. The highest BCUT2D eigenvalue weighted by Gasteiger charge is 2.46. The molecule has 0 bridgehead atoms. The van der Waals surface area contributed by atoms with Gasteiger partial charge in [-0.05, 0) is 24.7 Å². The fourth-order valence-corrected chi connectivity index (χ4v) is 3.62. The molecule has 0 saturated heterocycles. The maximum Gasteiger partial charge on any atom is 0.133 e. The van der Waals surface area contributed by atoms with Crippen molar-refractivity contribution in [3.8, 4) is 0 Å². The second-order valence-electron chi connectivity index (χ2n) is 6.28. The largest absolute Gasteiger partial charge is 0.392 e. The summed E-state index contributed by atoms with van der Waals surface area (Å²) in [5.41, 5.74) is 0. The van der Waals surface area contributed by atoms with Gasteiger partial charge in [-0.15, -0.1) is 0 Å². The summed E-state index contributed by atoms with van der Waals surface area (Å²) in [4.78, 5) is 11.5. The van der Waals surface area contributed by atoms with Crippen LogP contribution in [0.15, 0.2) is 12.2 Å². The second-order valence-corrected chi connectivity index (χ2v) is 6.28. The Morgan fingerprint density at radius 2 is 2.20 bits per heavy atom. The van der Waals surface area contributed by atoms with Crippen molar-refractivity contribution in [2.45, 2.75) is 63.8 Å². The molecule has 0 amide bonds. The number of hydrogen-bond donors (Lipinski definition) is 2. The Kier molecular flexibility index (Phi) is 5.33. The summed E-state index contributed by atoms with van der Waals surface area (Å²) in [5, 5.41) is 19.8. The molecular formula is C16H25FO3. The zero-order valence-electron chi connectivity index (χ0n) is 12.0. The van der Waals surface area contributed by atoms with E-state index in [9.17, 15) is 19.4 Å². The highest BCUT2D eigenvalue weighted by Crippen LogP contribution is 2.46. The van der Waals surface area contributed by atoms with Gasteiger partial charge in [0, 0.05) is 18.8 Å². The molecule has 0 aliphatic heterocycles. The number of ketones is 1. The van der Waals surface area contributed by atoms with Gasteiger partial charge in [-0.2, -0.15) is 0 Å². The lowest BCUT2D eigenvalue weighted by molar-refractivity contribution is -0.118. The van der Waals surface area contributed by atoms with Crippen molar-refractivity contribution in [3.63, 3.8) is 0 Å². The molecule has 0 aromatic heterocycles. The van der Waals surface area contributed by atoms with Crippen LogP contribution in [0, 0.1) is 17.8 Å². The van der Waals surface area contributed by atoms with E-state index < -0.39 is 18.4 Å². The number of alkyl halides is 1. The third-order valence-electron chi connectivity index (χ3n) is 4.78. The molecule has 114 valence electrons. The van der Waals surface area contributed by atoms with E-state index in [1.165, 1.54) is 6.08 Å². The van der Waals surface area contributed by atoms with Gasteiger partial charge in [-0.25, -0.2) is 4.39 Å². The van der Waals surface area contributed by atoms with Crippen LogP contribution in [0.1, 0.15) is 45.4 Å². The molecule has 2 aliphatic carbocycles. The first-order valence-electron chi connectivity index (χ1n) is 7.73. The summed E-state index contributed by atoms with van der Waals surface area (Å²) in [6.07, 6.45) is 4.15. The molecule has 6 atom stereocenters. The fraction of sp³-hybridized carbons (Fsp3) is 0.812. The van der Waals surface area contributed by atoms with Crippen molar-refractivity contribution in [1.82, 2.24) is 0 Å². The van der Waals surface area contributed by atoms with Gasteiger partial charge in [0.05, 0.1) is 6.10 Å². The molecule has 2 N–H and O–H groups in total. The average molecular weight is 284 g/mol. The van der Waals surface area contributed by atoms with Gasteiger partial charge in [0.1, 0.15) is 18.1 Å². The van der Waals surface area contributed by atoms with Crippen LogP contribution >= 0.6 is 0 Å². The summed E-state index contributed by atoms with van der Waals surface area (Å²) < 4.78 is 13.7. The number of rotatable bonds is 6. The molecule has 4 heteroatoms. The smallest absolute Gasteiger partial charge is 0.133 e. The number of aliphatic hydroxyl groups excluding tert-OH is 2. The summed E-state index contributed by atoms with van der Waals surface area (Å²) in [6, 6.07) is 0. The SMILES string of the molecule is CCCC[C@@H](F)[C@@H](O)C=C[C@@H]1[C@H]2CC(=O)C[C@H]2C[C@H]1O. The molecule has 2 saturated carbocycles. The van der Waals surface area contributed by atoms with Crippen LogP contribution in [0.5, 0.6) is 0 Å². The Hall–Kier alpha value is -0.740. The van der Waals surface area contributed by atoms with E-state index in [-0.39, 0.29) is 23.5 Å². The molecule has 2 rings (SSSR count). The van der Waals surface area contributed by atoms with Crippen LogP contribution in [0.25, 0.3) is 0 Å². The van der Waals surface area contributed by atoms with Crippen LogP contribution in [0.2, 0.25) is 0 Å². The Morgan fingerprint density at radius 3 is 2.90 bits per heavy atom. The summed E-state index contributed by atoms with van der Waals surface area (Å²) in [5.74, 6) is 0.594. The van der Waals surface area contributed by atoms with Crippen molar-refractivity contribution in [2.24, 2.45) is 17.8 Å². The van der Waals surface area contributed by atoms with Gasteiger partial charge in [0.15, 0.2) is 0 Å². The highest BCUT2D eigenvalue weighted by atomic mass is 19.1. The molecule has 0 aromatic rings. The first-order valence-corrected chi connectivity index (χ1v) is 7.73. The van der Waals surface area contributed by atoms with E-state index in [0.717, 1.165) is 12.8 Å². The average Bonchev–Trinajstić information content (AvgIpc) is 2.88. The molecule has 0 spiro atoms. The monoisotopic (exact) mass is 284 g/mol. The zero-order valence-corrected chi connectivity index (χ0v) is 12.0. The van der Waals surface area contributed by atoms with E-state index in [4.69, 9.17) is 0 Å². The Morgan fingerprint density at radius 1 is 1.45 bits per heavy atom. The third-order valence-corrected chi connectivity index (χ3v) is 4.78. The lowest BCUT2D eigenvalue weighted by Gasteiger charge is -2.18. The van der Waals surface area contributed by atoms with Gasteiger partial charge in [-0.1, -0.05) is 31.9 Å². The first kappa shape index (κ1) is 15.6. The molecule has 0 heterocycles. The van der Waals surface area contributed by atoms with E-state index in [1.54, 1.807) is 6.08 Å². The van der Waals surface area contributed by atoms with Gasteiger partial charge in [-0.3, -0.25) is 4.79 Å². The zero-order chi connectivity index (χ0) is 14.7. The van der Waals surface area contributed by atoms with E-state index in [2.05, 4.69) is 0 Å². The number of hydrogen-bond acceptors (Lipinski definition) is 3. The Balaban J connectivity index is 1.91. The topological polar surface area (TPSA) is 57.5 Å². The van der Waals surface area contributed by atoms with E-state index in [0.29, 0.717) is 25.7 Å². The lowest BCUT2D eigenvalue weighted by atomic mass is 9.90. The van der Waals surface area contributed by atoms with Gasteiger partial charge in [0.2, 0.25) is 0 Å². The maximum atomic E-state index is 13.7. The maximum absolute atomic E-state index is 13.7. The normalized spacial score (nSPS) is 36.5. The number of Topliss-reactive ketones (excluding diaryl/α,β-unsaturated/α-hetero) is 1. The molecule has 0 unspecified atom stereocenters. The number of halogens is 1. The minimum atomic E-state index is -1.24. The minimum absolute atomic E-state index is 0.112. The predicted molar refractivity (Wildman–Crippen MR) is 74.9 cm³/mol. The summed E-state index contributed by atoms with van der Waals surface area (Å²) in [7, 11) is 0. The number of unbranched alkanes of at least 4 members (excludes halogenated alkanes) is 1. The van der Waals surface area contributed by atoms with Gasteiger partial charge < -0.3 is 10.2 Å². The second kappa shape index (κ2) is 6.81. The number of fused-ring (bicyclic) bond motifs is 1. The molecule has 0 aromatic carbocycles. The number of aliphatic hydroxyl groups is 2. The lowest BCUT2D eigenvalue weighted by Crippen LogP contribution is -2.22. The Bertz CT molecular complexity index is 369. The van der Waals surface area contributed by atoms with E-state index >= 15 is 0 Å². The Labute approximate surface area is 119 Å². The standard InChI is InChI=1S/C16H25FO3/c1-2-3-4-14(17)15(19)6-5-12-13-9-11(18)7-10(13)8-16(12)20/h5-6,10,12-16,19-20H,2-4,7-9H2,1H3/t10-,12+,13-,14+,15-,16+/m0/s1. The van der Waals surface area contributed by atoms with Crippen LogP contribution in [-0.2, 0) is 4.79 Å². The van der Waals surface area contributed by atoms with Crippen molar-refractivity contribution >= 4 is 5.78 Å². The van der Waals surface area contributed by atoms with Crippen molar-refractivity contribution in [1.29, 1.82) is 0 Å².